The predicted molar refractivity (Wildman–Crippen MR) is 79.2 cm³/mol. The third-order valence-corrected chi connectivity index (χ3v) is 3.36. The zero-order valence-corrected chi connectivity index (χ0v) is 12.3. The van der Waals surface area contributed by atoms with Crippen LogP contribution in [-0.4, -0.2) is 4.98 Å². The van der Waals surface area contributed by atoms with Crippen molar-refractivity contribution in [1.29, 1.82) is 0 Å². The molecule has 3 aromatic rings. The van der Waals surface area contributed by atoms with Gasteiger partial charge in [-0.3, -0.25) is 0 Å². The zero-order valence-electron chi connectivity index (χ0n) is 10.7. The average molecular weight is 333 g/mol. The monoisotopic (exact) mass is 332 g/mol. The molecule has 0 bridgehead atoms. The molecule has 0 amide bonds. The molecule has 0 unspecified atom stereocenters. The molecule has 0 saturated heterocycles. The van der Waals surface area contributed by atoms with Crippen LogP contribution in [0.4, 0.5) is 5.82 Å². The number of aromatic nitrogens is 1. The molecule has 0 N–H and O–H groups in total. The third kappa shape index (κ3) is 3.11. The minimum Gasteiger partial charge on any atom is -0.467 e. The van der Waals surface area contributed by atoms with Gasteiger partial charge in [0.15, 0.2) is 0 Å². The van der Waals surface area contributed by atoms with E-state index in [0.29, 0.717) is 13.1 Å². The lowest BCUT2D eigenvalue weighted by atomic mass is 10.3. The molecule has 0 radical (unpaired) electrons. The first kappa shape index (κ1) is 13.0. The van der Waals surface area contributed by atoms with Crippen LogP contribution in [0, 0.1) is 0 Å². The van der Waals surface area contributed by atoms with E-state index in [9.17, 15) is 0 Å². The van der Waals surface area contributed by atoms with Gasteiger partial charge < -0.3 is 13.7 Å². The minimum atomic E-state index is 0.641. The van der Waals surface area contributed by atoms with Gasteiger partial charge in [0, 0.05) is 10.7 Å². The summed E-state index contributed by atoms with van der Waals surface area (Å²) in [6.07, 6.45) is 5.14. The van der Waals surface area contributed by atoms with Gasteiger partial charge in [-0.2, -0.15) is 0 Å². The summed E-state index contributed by atoms with van der Waals surface area (Å²) in [5, 5.41) is 0. The number of anilines is 1. The number of pyridine rings is 1. The van der Waals surface area contributed by atoms with E-state index in [1.54, 1.807) is 18.7 Å². The quantitative estimate of drug-likeness (QED) is 0.700. The molecule has 3 aromatic heterocycles. The molecule has 5 heteroatoms. The van der Waals surface area contributed by atoms with E-state index in [-0.39, 0.29) is 0 Å². The number of hydrogen-bond acceptors (Lipinski definition) is 4. The van der Waals surface area contributed by atoms with Crippen LogP contribution in [-0.2, 0) is 13.1 Å². The second-order valence-electron chi connectivity index (χ2n) is 4.35. The average Bonchev–Trinajstić information content (AvgIpc) is 3.12. The Morgan fingerprint density at radius 2 is 1.60 bits per heavy atom. The van der Waals surface area contributed by atoms with Gasteiger partial charge in [-0.25, -0.2) is 4.98 Å². The van der Waals surface area contributed by atoms with Crippen LogP contribution in [0.3, 0.4) is 0 Å². The number of rotatable bonds is 5. The number of nitrogens with zero attached hydrogens (tertiary/aromatic N) is 2. The Labute approximate surface area is 125 Å². The Bertz CT molecular complexity index is 597. The summed E-state index contributed by atoms with van der Waals surface area (Å²) in [6, 6.07) is 11.6. The molecule has 4 nitrogen and oxygen atoms in total. The second-order valence-corrected chi connectivity index (χ2v) is 5.27. The fourth-order valence-corrected chi connectivity index (χ4v) is 2.19. The Kier molecular flexibility index (Phi) is 3.87. The summed E-state index contributed by atoms with van der Waals surface area (Å²) in [5.74, 6) is 2.66. The number of furan rings is 2. The molecule has 3 rings (SSSR count). The van der Waals surface area contributed by atoms with Crippen LogP contribution in [0.1, 0.15) is 11.5 Å². The van der Waals surface area contributed by atoms with Gasteiger partial charge in [-0.15, -0.1) is 0 Å². The van der Waals surface area contributed by atoms with E-state index in [1.165, 1.54) is 0 Å². The van der Waals surface area contributed by atoms with Crippen molar-refractivity contribution in [3.05, 3.63) is 71.1 Å². The van der Waals surface area contributed by atoms with E-state index in [2.05, 4.69) is 25.8 Å². The largest absolute Gasteiger partial charge is 0.467 e. The summed E-state index contributed by atoms with van der Waals surface area (Å²) >= 11 is 3.40. The van der Waals surface area contributed by atoms with Crippen molar-refractivity contribution in [2.45, 2.75) is 13.1 Å². The van der Waals surface area contributed by atoms with Gasteiger partial charge in [0.05, 0.1) is 25.6 Å². The van der Waals surface area contributed by atoms with Crippen molar-refractivity contribution >= 4 is 21.7 Å². The topological polar surface area (TPSA) is 42.4 Å². The molecule has 0 atom stereocenters. The lowest BCUT2D eigenvalue weighted by molar-refractivity contribution is 0.475. The lowest BCUT2D eigenvalue weighted by Gasteiger charge is -2.21. The summed E-state index contributed by atoms with van der Waals surface area (Å²) < 4.78 is 11.8. The molecule has 102 valence electrons. The third-order valence-electron chi connectivity index (χ3n) is 2.89. The lowest BCUT2D eigenvalue weighted by Crippen LogP contribution is -2.22. The van der Waals surface area contributed by atoms with Gasteiger partial charge in [-0.1, -0.05) is 0 Å². The van der Waals surface area contributed by atoms with E-state index in [1.807, 2.05) is 36.4 Å². The van der Waals surface area contributed by atoms with Crippen molar-refractivity contribution in [3.63, 3.8) is 0 Å². The highest BCUT2D eigenvalue weighted by atomic mass is 79.9. The predicted octanol–water partition coefficient (Wildman–Crippen LogP) is 4.24. The maximum absolute atomic E-state index is 5.42. The fourth-order valence-electron chi connectivity index (χ4n) is 1.95. The van der Waals surface area contributed by atoms with Crippen molar-refractivity contribution in [2.24, 2.45) is 0 Å². The SMILES string of the molecule is Brc1ccc(N(Cc2ccco2)Cc2ccco2)nc1. The highest BCUT2D eigenvalue weighted by Crippen LogP contribution is 2.20. The second kappa shape index (κ2) is 5.96. The maximum Gasteiger partial charge on any atom is 0.129 e. The van der Waals surface area contributed by atoms with Gasteiger partial charge in [0.25, 0.3) is 0 Å². The smallest absolute Gasteiger partial charge is 0.129 e. The Hall–Kier alpha value is -2.01. The van der Waals surface area contributed by atoms with E-state index < -0.39 is 0 Å². The first-order valence-corrected chi connectivity index (χ1v) is 7.02. The van der Waals surface area contributed by atoms with Gasteiger partial charge in [-0.05, 0) is 52.3 Å². The molecule has 0 spiro atoms. The first-order chi connectivity index (χ1) is 9.81. The van der Waals surface area contributed by atoms with Crippen LogP contribution >= 0.6 is 15.9 Å². The van der Waals surface area contributed by atoms with Crippen molar-refractivity contribution in [1.82, 2.24) is 4.98 Å². The first-order valence-electron chi connectivity index (χ1n) is 6.22. The Morgan fingerprint density at radius 1 is 0.950 bits per heavy atom. The molecule has 0 aliphatic rings. The van der Waals surface area contributed by atoms with Crippen LogP contribution in [0.2, 0.25) is 0 Å². The summed E-state index contributed by atoms with van der Waals surface area (Å²) in [7, 11) is 0. The van der Waals surface area contributed by atoms with E-state index in [4.69, 9.17) is 8.83 Å². The Balaban J connectivity index is 1.84. The number of hydrogen-bond donors (Lipinski definition) is 0. The molecule has 0 aliphatic carbocycles. The van der Waals surface area contributed by atoms with Gasteiger partial charge in [0.2, 0.25) is 0 Å². The van der Waals surface area contributed by atoms with E-state index in [0.717, 1.165) is 21.8 Å². The van der Waals surface area contributed by atoms with Crippen LogP contribution in [0.15, 0.2) is 68.4 Å². The van der Waals surface area contributed by atoms with Gasteiger partial charge >= 0.3 is 0 Å². The standard InChI is InChI=1S/C15H13BrN2O2/c16-12-5-6-15(17-9-12)18(10-13-3-1-7-19-13)11-14-4-2-8-20-14/h1-9H,10-11H2. The zero-order chi connectivity index (χ0) is 13.8. The molecule has 0 saturated carbocycles. The highest BCUT2D eigenvalue weighted by Gasteiger charge is 2.12. The molecular weight excluding hydrogens is 320 g/mol. The van der Waals surface area contributed by atoms with Crippen molar-refractivity contribution in [3.8, 4) is 0 Å². The fraction of sp³-hybridized carbons (Fsp3) is 0.133. The molecule has 20 heavy (non-hydrogen) atoms. The van der Waals surface area contributed by atoms with Crippen LogP contribution in [0.5, 0.6) is 0 Å². The molecule has 0 aromatic carbocycles. The van der Waals surface area contributed by atoms with Crippen LogP contribution in [0.25, 0.3) is 0 Å². The van der Waals surface area contributed by atoms with E-state index >= 15 is 0 Å². The highest BCUT2D eigenvalue weighted by molar-refractivity contribution is 9.10. The summed E-state index contributed by atoms with van der Waals surface area (Å²) in [5.41, 5.74) is 0. The molecular formula is C15H13BrN2O2. The molecule has 0 fully saturated rings. The van der Waals surface area contributed by atoms with Crippen LogP contribution < -0.4 is 4.90 Å². The normalized spacial score (nSPS) is 10.7. The summed E-state index contributed by atoms with van der Waals surface area (Å²) in [6.45, 7) is 1.28. The maximum atomic E-state index is 5.42. The van der Waals surface area contributed by atoms with Crippen molar-refractivity contribution in [2.75, 3.05) is 4.90 Å². The summed E-state index contributed by atoms with van der Waals surface area (Å²) in [4.78, 5) is 6.54. The number of halogens is 1. The van der Waals surface area contributed by atoms with Crippen molar-refractivity contribution < 1.29 is 8.83 Å². The molecule has 3 heterocycles. The Morgan fingerprint density at radius 3 is 2.05 bits per heavy atom. The van der Waals surface area contributed by atoms with Gasteiger partial charge in [0.1, 0.15) is 17.3 Å². The molecule has 0 aliphatic heterocycles. The minimum absolute atomic E-state index is 0.641.